The molecule has 15 heavy (non-hydrogen) atoms. The number of carbonyl (C=O) groups is 1. The number of hydrogen-bond donors (Lipinski definition) is 1. The van der Waals surface area contributed by atoms with Gasteiger partial charge in [0.05, 0.1) is 13.1 Å². The molecule has 1 heterocycles. The molecule has 0 unspecified atom stereocenters. The van der Waals surface area contributed by atoms with Crippen LogP contribution in [0.1, 0.15) is 5.56 Å². The van der Waals surface area contributed by atoms with E-state index in [0.29, 0.717) is 13.1 Å². The van der Waals surface area contributed by atoms with Crippen LogP contribution in [-0.2, 0) is 4.79 Å². The smallest absolute Gasteiger partial charge is 0.165 e. The summed E-state index contributed by atoms with van der Waals surface area (Å²) in [6, 6.07) is 8.29. The lowest BCUT2D eigenvalue weighted by atomic mass is 10.2. The second-order valence-corrected chi connectivity index (χ2v) is 3.98. The highest BCUT2D eigenvalue weighted by molar-refractivity contribution is 5.85. The van der Waals surface area contributed by atoms with E-state index in [-0.39, 0.29) is 5.78 Å². The number of Topliss-reactive ketones (excluding diaryl/α,β-unsaturated/α-hetero) is 1. The van der Waals surface area contributed by atoms with Crippen LogP contribution in [0.25, 0.3) is 0 Å². The first-order valence-electron chi connectivity index (χ1n) is 5.30. The van der Waals surface area contributed by atoms with Gasteiger partial charge >= 0.3 is 0 Å². The minimum absolute atomic E-state index is 0.258. The second-order valence-electron chi connectivity index (χ2n) is 3.98. The number of benzene rings is 1. The van der Waals surface area contributed by atoms with Gasteiger partial charge in [-0.05, 0) is 24.6 Å². The molecule has 1 saturated heterocycles. The van der Waals surface area contributed by atoms with Gasteiger partial charge in [0.25, 0.3) is 0 Å². The molecule has 1 aliphatic rings. The van der Waals surface area contributed by atoms with Gasteiger partial charge in [-0.3, -0.25) is 4.79 Å². The molecule has 0 atom stereocenters. The molecule has 1 aliphatic heterocycles. The Hall–Kier alpha value is -1.35. The van der Waals surface area contributed by atoms with Gasteiger partial charge in [-0.1, -0.05) is 12.1 Å². The zero-order valence-corrected chi connectivity index (χ0v) is 8.99. The summed E-state index contributed by atoms with van der Waals surface area (Å²) in [5, 5.41) is 3.12. The van der Waals surface area contributed by atoms with E-state index in [1.165, 1.54) is 5.56 Å². The van der Waals surface area contributed by atoms with E-state index in [0.717, 1.165) is 18.8 Å². The van der Waals surface area contributed by atoms with Gasteiger partial charge in [-0.15, -0.1) is 0 Å². The Morgan fingerprint density at radius 2 is 2.27 bits per heavy atom. The number of anilines is 1. The van der Waals surface area contributed by atoms with Crippen molar-refractivity contribution in [3.05, 3.63) is 29.8 Å². The molecule has 0 aromatic heterocycles. The Kier molecular flexibility index (Phi) is 3.02. The number of nitrogens with one attached hydrogen (secondary N) is 1. The summed E-state index contributed by atoms with van der Waals surface area (Å²) in [7, 11) is 0. The standard InChI is InChI=1S/C12H16N2O/c1-10-3-2-4-11(7-10)14-6-5-13-8-12(15)9-14/h2-4,7,13H,5-6,8-9H2,1H3. The molecule has 1 aromatic rings. The molecule has 1 N–H and O–H groups in total. The maximum Gasteiger partial charge on any atom is 0.165 e. The molecule has 0 aliphatic carbocycles. The minimum Gasteiger partial charge on any atom is -0.363 e. The summed E-state index contributed by atoms with van der Waals surface area (Å²) >= 11 is 0. The van der Waals surface area contributed by atoms with E-state index in [1.807, 2.05) is 6.07 Å². The van der Waals surface area contributed by atoms with Crippen molar-refractivity contribution in [2.75, 3.05) is 31.1 Å². The van der Waals surface area contributed by atoms with E-state index < -0.39 is 0 Å². The highest BCUT2D eigenvalue weighted by Gasteiger charge is 2.14. The van der Waals surface area contributed by atoms with Gasteiger partial charge < -0.3 is 10.2 Å². The van der Waals surface area contributed by atoms with Crippen molar-refractivity contribution >= 4 is 11.5 Å². The van der Waals surface area contributed by atoms with E-state index >= 15 is 0 Å². The van der Waals surface area contributed by atoms with Crippen molar-refractivity contribution in [3.8, 4) is 0 Å². The summed E-state index contributed by atoms with van der Waals surface area (Å²) in [6.07, 6.45) is 0. The molecule has 1 fully saturated rings. The Morgan fingerprint density at radius 1 is 1.40 bits per heavy atom. The van der Waals surface area contributed by atoms with Gasteiger partial charge in [-0.2, -0.15) is 0 Å². The third kappa shape index (κ3) is 2.57. The van der Waals surface area contributed by atoms with Crippen LogP contribution in [0.5, 0.6) is 0 Å². The Bertz CT molecular complexity index is 362. The van der Waals surface area contributed by atoms with Crippen LogP contribution >= 0.6 is 0 Å². The normalized spacial score (nSPS) is 17.7. The fourth-order valence-corrected chi connectivity index (χ4v) is 1.83. The van der Waals surface area contributed by atoms with Crippen LogP contribution < -0.4 is 10.2 Å². The van der Waals surface area contributed by atoms with Crippen molar-refractivity contribution in [2.24, 2.45) is 0 Å². The van der Waals surface area contributed by atoms with E-state index in [1.54, 1.807) is 0 Å². The molecule has 80 valence electrons. The van der Waals surface area contributed by atoms with Crippen LogP contribution in [0.2, 0.25) is 0 Å². The summed E-state index contributed by atoms with van der Waals surface area (Å²) in [5.41, 5.74) is 2.38. The zero-order chi connectivity index (χ0) is 10.7. The molecule has 0 bridgehead atoms. The lowest BCUT2D eigenvalue weighted by Gasteiger charge is -2.21. The average Bonchev–Trinajstić information content (AvgIpc) is 2.43. The molecule has 0 spiro atoms. The van der Waals surface area contributed by atoms with E-state index in [4.69, 9.17) is 0 Å². The SMILES string of the molecule is Cc1cccc(N2CCNCC(=O)C2)c1. The highest BCUT2D eigenvalue weighted by atomic mass is 16.1. The predicted molar refractivity (Wildman–Crippen MR) is 61.3 cm³/mol. The lowest BCUT2D eigenvalue weighted by Crippen LogP contribution is -2.29. The summed E-state index contributed by atoms with van der Waals surface area (Å²) in [5.74, 6) is 0.258. The van der Waals surface area contributed by atoms with E-state index in [9.17, 15) is 4.79 Å². The molecule has 0 radical (unpaired) electrons. The zero-order valence-electron chi connectivity index (χ0n) is 8.99. The fraction of sp³-hybridized carbons (Fsp3) is 0.417. The van der Waals surface area contributed by atoms with Crippen molar-refractivity contribution in [1.82, 2.24) is 5.32 Å². The Labute approximate surface area is 90.1 Å². The van der Waals surface area contributed by atoms with Crippen LogP contribution in [0, 0.1) is 6.92 Å². The number of nitrogens with zero attached hydrogens (tertiary/aromatic N) is 1. The quantitative estimate of drug-likeness (QED) is 0.740. The molecular formula is C12H16N2O. The summed E-state index contributed by atoms with van der Waals surface area (Å²) < 4.78 is 0. The first-order chi connectivity index (χ1) is 7.25. The number of ketones is 1. The molecule has 3 nitrogen and oxygen atoms in total. The van der Waals surface area contributed by atoms with Crippen LogP contribution in [-0.4, -0.2) is 32.0 Å². The maximum atomic E-state index is 11.4. The number of hydrogen-bond acceptors (Lipinski definition) is 3. The fourth-order valence-electron chi connectivity index (χ4n) is 1.83. The van der Waals surface area contributed by atoms with Gasteiger partial charge in [0.2, 0.25) is 0 Å². The third-order valence-corrected chi connectivity index (χ3v) is 2.61. The third-order valence-electron chi connectivity index (χ3n) is 2.61. The van der Waals surface area contributed by atoms with Gasteiger partial charge in [0, 0.05) is 18.8 Å². The van der Waals surface area contributed by atoms with Gasteiger partial charge in [-0.25, -0.2) is 0 Å². The van der Waals surface area contributed by atoms with Crippen LogP contribution in [0.15, 0.2) is 24.3 Å². The second kappa shape index (κ2) is 4.45. The highest BCUT2D eigenvalue weighted by Crippen LogP contribution is 2.15. The monoisotopic (exact) mass is 204 g/mol. The van der Waals surface area contributed by atoms with Crippen molar-refractivity contribution in [1.29, 1.82) is 0 Å². The molecule has 0 amide bonds. The molecular weight excluding hydrogens is 188 g/mol. The Balaban J connectivity index is 2.18. The first kappa shape index (κ1) is 10.2. The topological polar surface area (TPSA) is 32.3 Å². The number of aryl methyl sites for hydroxylation is 1. The molecule has 3 heteroatoms. The Morgan fingerprint density at radius 3 is 3.07 bits per heavy atom. The first-order valence-corrected chi connectivity index (χ1v) is 5.30. The molecule has 0 saturated carbocycles. The van der Waals surface area contributed by atoms with Gasteiger partial charge in [0.15, 0.2) is 5.78 Å². The van der Waals surface area contributed by atoms with Crippen molar-refractivity contribution < 1.29 is 4.79 Å². The lowest BCUT2D eigenvalue weighted by molar-refractivity contribution is -0.116. The van der Waals surface area contributed by atoms with Crippen LogP contribution in [0.3, 0.4) is 0 Å². The predicted octanol–water partition coefficient (Wildman–Crippen LogP) is 0.974. The van der Waals surface area contributed by atoms with Crippen molar-refractivity contribution in [3.63, 3.8) is 0 Å². The summed E-state index contributed by atoms with van der Waals surface area (Å²) in [4.78, 5) is 13.6. The molecule has 2 rings (SSSR count). The number of carbonyl (C=O) groups excluding carboxylic acids is 1. The van der Waals surface area contributed by atoms with Crippen LogP contribution in [0.4, 0.5) is 5.69 Å². The number of rotatable bonds is 1. The molecule has 1 aromatic carbocycles. The van der Waals surface area contributed by atoms with E-state index in [2.05, 4.69) is 35.3 Å². The maximum absolute atomic E-state index is 11.4. The summed E-state index contributed by atoms with van der Waals surface area (Å²) in [6.45, 7) is 4.87. The van der Waals surface area contributed by atoms with Crippen molar-refractivity contribution in [2.45, 2.75) is 6.92 Å². The van der Waals surface area contributed by atoms with Gasteiger partial charge in [0.1, 0.15) is 0 Å². The average molecular weight is 204 g/mol. The minimum atomic E-state index is 0.258. The largest absolute Gasteiger partial charge is 0.363 e.